The second-order valence-electron chi connectivity index (χ2n) is 7.57. The fourth-order valence-corrected chi connectivity index (χ4v) is 3.98. The number of rotatable bonds is 6. The van der Waals surface area contributed by atoms with E-state index >= 15 is 0 Å². The SMILES string of the molecule is CCC(Cc1c[nH]c2ccccc12)N=Cc1c(O)n(-c2cccc(C)c2)c(=S)[nH]c1=O. The highest BCUT2D eigenvalue weighted by Crippen LogP contribution is 2.22. The molecule has 0 radical (unpaired) electrons. The molecule has 0 aliphatic heterocycles. The van der Waals surface area contributed by atoms with Crippen LogP contribution in [0, 0.1) is 11.7 Å². The lowest BCUT2D eigenvalue weighted by atomic mass is 10.0. The summed E-state index contributed by atoms with van der Waals surface area (Å²) in [4.78, 5) is 23.1. The monoisotopic (exact) mass is 432 g/mol. The van der Waals surface area contributed by atoms with Crippen molar-refractivity contribution in [3.63, 3.8) is 0 Å². The zero-order valence-corrected chi connectivity index (χ0v) is 18.2. The molecule has 0 aliphatic carbocycles. The highest BCUT2D eigenvalue weighted by molar-refractivity contribution is 7.71. The molecular weight excluding hydrogens is 408 g/mol. The van der Waals surface area contributed by atoms with Gasteiger partial charge in [-0.05, 0) is 61.3 Å². The van der Waals surface area contributed by atoms with Crippen LogP contribution >= 0.6 is 12.2 Å². The minimum Gasteiger partial charge on any atom is -0.494 e. The molecule has 0 saturated carbocycles. The summed E-state index contributed by atoms with van der Waals surface area (Å²) in [5.74, 6) is -0.218. The third-order valence-corrected chi connectivity index (χ3v) is 5.68. The summed E-state index contributed by atoms with van der Waals surface area (Å²) in [7, 11) is 0. The molecule has 0 fully saturated rings. The lowest BCUT2D eigenvalue weighted by molar-refractivity contribution is 0.432. The first-order valence-corrected chi connectivity index (χ1v) is 10.6. The molecule has 0 aliphatic rings. The van der Waals surface area contributed by atoms with Crippen molar-refractivity contribution in [2.75, 3.05) is 0 Å². The maximum atomic E-state index is 12.5. The van der Waals surface area contributed by atoms with Crippen molar-refractivity contribution in [3.8, 4) is 11.6 Å². The Bertz CT molecular complexity index is 1380. The van der Waals surface area contributed by atoms with Gasteiger partial charge in [0.05, 0.1) is 11.7 Å². The molecule has 1 unspecified atom stereocenters. The molecule has 2 aromatic carbocycles. The highest BCUT2D eigenvalue weighted by Gasteiger charge is 2.14. The Morgan fingerprint density at radius 2 is 2.03 bits per heavy atom. The van der Waals surface area contributed by atoms with E-state index in [9.17, 15) is 9.90 Å². The molecule has 0 amide bonds. The number of nitrogens with zero attached hydrogens (tertiary/aromatic N) is 2. The Kier molecular flexibility index (Phi) is 5.86. The van der Waals surface area contributed by atoms with E-state index in [0.29, 0.717) is 5.69 Å². The van der Waals surface area contributed by atoms with Gasteiger partial charge in [-0.2, -0.15) is 0 Å². The van der Waals surface area contributed by atoms with Crippen molar-refractivity contribution in [2.24, 2.45) is 4.99 Å². The van der Waals surface area contributed by atoms with Gasteiger partial charge in [0.1, 0.15) is 5.56 Å². The molecule has 0 saturated heterocycles. The fraction of sp³-hybridized carbons (Fsp3) is 0.208. The lowest BCUT2D eigenvalue weighted by Crippen LogP contribution is -2.19. The van der Waals surface area contributed by atoms with Crippen LogP contribution in [-0.4, -0.2) is 31.9 Å². The molecule has 31 heavy (non-hydrogen) atoms. The topological polar surface area (TPSA) is 86.2 Å². The van der Waals surface area contributed by atoms with Gasteiger partial charge in [0.25, 0.3) is 5.56 Å². The summed E-state index contributed by atoms with van der Waals surface area (Å²) in [5.41, 5.74) is 3.59. The summed E-state index contributed by atoms with van der Waals surface area (Å²) in [6.45, 7) is 4.01. The summed E-state index contributed by atoms with van der Waals surface area (Å²) < 4.78 is 1.59. The zero-order chi connectivity index (χ0) is 22.0. The molecule has 1 atom stereocenters. The van der Waals surface area contributed by atoms with E-state index in [1.807, 2.05) is 55.6 Å². The summed E-state index contributed by atoms with van der Waals surface area (Å²) >= 11 is 5.29. The van der Waals surface area contributed by atoms with Crippen molar-refractivity contribution >= 4 is 29.3 Å². The summed E-state index contributed by atoms with van der Waals surface area (Å²) in [6.07, 6.45) is 4.99. The van der Waals surface area contributed by atoms with E-state index in [1.54, 1.807) is 0 Å². The Morgan fingerprint density at radius 3 is 2.81 bits per heavy atom. The maximum absolute atomic E-state index is 12.5. The number of aromatic hydroxyl groups is 1. The lowest BCUT2D eigenvalue weighted by Gasteiger charge is -2.13. The van der Waals surface area contributed by atoms with Gasteiger partial charge in [0.15, 0.2) is 4.77 Å². The van der Waals surface area contributed by atoms with Crippen LogP contribution in [0.25, 0.3) is 16.6 Å². The van der Waals surface area contributed by atoms with E-state index < -0.39 is 5.56 Å². The number of aryl methyl sites for hydroxylation is 1. The quantitative estimate of drug-likeness (QED) is 0.301. The van der Waals surface area contributed by atoms with Crippen LogP contribution in [0.1, 0.15) is 30.0 Å². The molecule has 0 bridgehead atoms. The zero-order valence-electron chi connectivity index (χ0n) is 17.4. The number of fused-ring (bicyclic) bond motifs is 1. The third-order valence-electron chi connectivity index (χ3n) is 5.40. The second kappa shape index (κ2) is 8.73. The molecule has 4 rings (SSSR count). The largest absolute Gasteiger partial charge is 0.494 e. The maximum Gasteiger partial charge on any atom is 0.264 e. The number of H-pyrrole nitrogens is 2. The smallest absolute Gasteiger partial charge is 0.264 e. The molecule has 7 heteroatoms. The summed E-state index contributed by atoms with van der Waals surface area (Å²) in [5, 5.41) is 12.0. The Hall–Kier alpha value is -3.45. The average Bonchev–Trinajstić information content (AvgIpc) is 3.15. The number of nitrogens with one attached hydrogen (secondary N) is 2. The first-order valence-electron chi connectivity index (χ1n) is 10.2. The van der Waals surface area contributed by atoms with E-state index in [-0.39, 0.29) is 22.3 Å². The van der Waals surface area contributed by atoms with E-state index in [1.165, 1.54) is 21.7 Å². The molecule has 2 aromatic heterocycles. The third kappa shape index (κ3) is 4.22. The van der Waals surface area contributed by atoms with Crippen LogP contribution < -0.4 is 5.56 Å². The van der Waals surface area contributed by atoms with Gasteiger partial charge in [-0.25, -0.2) is 0 Å². The van der Waals surface area contributed by atoms with Gasteiger partial charge in [0.2, 0.25) is 5.88 Å². The fourth-order valence-electron chi connectivity index (χ4n) is 3.70. The molecule has 0 spiro atoms. The van der Waals surface area contributed by atoms with Crippen LogP contribution in [0.4, 0.5) is 0 Å². The molecular formula is C24H24N4O2S. The van der Waals surface area contributed by atoms with E-state index in [0.717, 1.165) is 23.9 Å². The predicted molar refractivity (Wildman–Crippen MR) is 127 cm³/mol. The van der Waals surface area contributed by atoms with Gasteiger partial charge in [-0.1, -0.05) is 37.3 Å². The van der Waals surface area contributed by atoms with Crippen molar-refractivity contribution in [1.82, 2.24) is 14.5 Å². The number of hydrogen-bond donors (Lipinski definition) is 3. The van der Waals surface area contributed by atoms with Crippen molar-refractivity contribution in [3.05, 3.63) is 86.5 Å². The second-order valence-corrected chi connectivity index (χ2v) is 7.96. The number of benzene rings is 2. The Morgan fingerprint density at radius 1 is 1.23 bits per heavy atom. The first kappa shape index (κ1) is 20.8. The predicted octanol–water partition coefficient (Wildman–Crippen LogP) is 4.83. The molecule has 3 N–H and O–H groups in total. The number of aliphatic imine (C=N–C) groups is 1. The minimum absolute atomic E-state index is 0.0337. The van der Waals surface area contributed by atoms with Gasteiger partial charge in [-0.15, -0.1) is 0 Å². The Balaban J connectivity index is 1.68. The van der Waals surface area contributed by atoms with Crippen LogP contribution in [0.3, 0.4) is 0 Å². The van der Waals surface area contributed by atoms with Crippen molar-refractivity contribution < 1.29 is 5.11 Å². The normalized spacial score (nSPS) is 12.6. The molecule has 4 aromatic rings. The number of aromatic amines is 2. The first-order chi connectivity index (χ1) is 15.0. The van der Waals surface area contributed by atoms with Gasteiger partial charge in [-0.3, -0.25) is 19.3 Å². The number of aromatic nitrogens is 3. The van der Waals surface area contributed by atoms with Crippen LogP contribution in [0.5, 0.6) is 5.88 Å². The van der Waals surface area contributed by atoms with Gasteiger partial charge < -0.3 is 10.1 Å². The molecule has 6 nitrogen and oxygen atoms in total. The Labute approximate surface area is 184 Å². The molecule has 158 valence electrons. The van der Waals surface area contributed by atoms with E-state index in [4.69, 9.17) is 12.2 Å². The number of hydrogen-bond acceptors (Lipinski definition) is 4. The standard InChI is InChI=1S/C24H24N4O2S/c1-3-17(12-16-13-26-21-10-5-4-9-19(16)21)25-14-20-22(29)27-24(31)28(23(20)30)18-8-6-7-15(2)11-18/h4-11,13-14,17,26,30H,3,12H2,1-2H3,(H,27,29,31). The summed E-state index contributed by atoms with van der Waals surface area (Å²) in [6, 6.07) is 15.7. The van der Waals surface area contributed by atoms with Crippen LogP contribution in [-0.2, 0) is 6.42 Å². The van der Waals surface area contributed by atoms with Crippen molar-refractivity contribution in [1.29, 1.82) is 0 Å². The minimum atomic E-state index is -0.461. The van der Waals surface area contributed by atoms with Crippen molar-refractivity contribution in [2.45, 2.75) is 32.7 Å². The van der Waals surface area contributed by atoms with Gasteiger partial charge in [0, 0.05) is 23.3 Å². The number of para-hydroxylation sites is 1. The highest BCUT2D eigenvalue weighted by atomic mass is 32.1. The van der Waals surface area contributed by atoms with Crippen LogP contribution in [0.15, 0.2) is 64.5 Å². The van der Waals surface area contributed by atoms with E-state index in [2.05, 4.69) is 28.0 Å². The van der Waals surface area contributed by atoms with Gasteiger partial charge >= 0.3 is 0 Å². The average molecular weight is 433 g/mol. The molecule has 2 heterocycles. The van der Waals surface area contributed by atoms with Crippen LogP contribution in [0.2, 0.25) is 0 Å².